The zero-order valence-corrected chi connectivity index (χ0v) is 22.1. The highest BCUT2D eigenvalue weighted by molar-refractivity contribution is 6.32. The number of aryl methyl sites for hydroxylation is 1. The Hall–Kier alpha value is -2.77. The molecule has 0 bridgehead atoms. The minimum absolute atomic E-state index is 0.00940. The van der Waals surface area contributed by atoms with Gasteiger partial charge in [-0.15, -0.1) is 10.2 Å². The lowest BCUT2D eigenvalue weighted by Gasteiger charge is -2.46. The van der Waals surface area contributed by atoms with Gasteiger partial charge in [0.1, 0.15) is 12.2 Å². The van der Waals surface area contributed by atoms with Gasteiger partial charge in [-0.25, -0.2) is 0 Å². The summed E-state index contributed by atoms with van der Waals surface area (Å²) in [7, 11) is 1.92. The quantitative estimate of drug-likeness (QED) is 0.410. The number of rotatable bonds is 8. The van der Waals surface area contributed by atoms with E-state index in [0.717, 1.165) is 40.7 Å². The zero-order valence-electron chi connectivity index (χ0n) is 21.4. The molecule has 2 aromatic carbocycles. The topological polar surface area (TPSA) is 63.1 Å². The van der Waals surface area contributed by atoms with Crippen LogP contribution in [0.15, 0.2) is 42.7 Å². The van der Waals surface area contributed by atoms with Crippen LogP contribution < -0.4 is 10.2 Å². The van der Waals surface area contributed by atoms with E-state index in [4.69, 9.17) is 11.6 Å². The number of nitrogens with zero attached hydrogens (tertiary/aromatic N) is 4. The van der Waals surface area contributed by atoms with Gasteiger partial charge in [0.2, 0.25) is 0 Å². The first-order valence-electron chi connectivity index (χ1n) is 13.3. The summed E-state index contributed by atoms with van der Waals surface area (Å²) in [5.41, 5.74) is 4.04. The van der Waals surface area contributed by atoms with Crippen molar-refractivity contribution in [1.82, 2.24) is 20.1 Å². The van der Waals surface area contributed by atoms with Crippen LogP contribution in [-0.2, 0) is 19.0 Å². The van der Waals surface area contributed by atoms with E-state index in [9.17, 15) is 9.18 Å². The fraction of sp³-hybridized carbons (Fsp3) is 0.483. The normalized spacial score (nSPS) is 24.1. The Morgan fingerprint density at radius 1 is 1.22 bits per heavy atom. The maximum absolute atomic E-state index is 13.6. The Bertz CT molecular complexity index is 1330. The first kappa shape index (κ1) is 24.6. The highest BCUT2D eigenvalue weighted by Gasteiger charge is 2.50. The second-order valence-electron chi connectivity index (χ2n) is 11.2. The minimum atomic E-state index is -0.403. The Kier molecular flexibility index (Phi) is 6.32. The van der Waals surface area contributed by atoms with Crippen LogP contribution in [0.3, 0.4) is 0 Å². The van der Waals surface area contributed by atoms with Crippen molar-refractivity contribution in [2.24, 2.45) is 18.9 Å². The number of hydrogen-bond donors (Lipinski definition) is 1. The molecule has 1 atom stereocenters. The highest BCUT2D eigenvalue weighted by Crippen LogP contribution is 2.52. The van der Waals surface area contributed by atoms with Crippen molar-refractivity contribution in [2.45, 2.75) is 57.0 Å². The minimum Gasteiger partial charge on any atom is -0.320 e. The molecule has 1 aliphatic heterocycles. The molecular weight excluding hydrogens is 489 g/mol. The van der Waals surface area contributed by atoms with Gasteiger partial charge in [0.25, 0.3) is 5.91 Å². The number of fused-ring (bicyclic) bond motifs is 1. The number of alkyl halides is 1. The third-order valence-electron chi connectivity index (χ3n) is 8.79. The molecule has 0 radical (unpaired) electrons. The number of carbonyl (C=O) groups is 1. The molecule has 3 aromatic rings. The summed E-state index contributed by atoms with van der Waals surface area (Å²) < 4.78 is 15.4. The molecule has 0 spiro atoms. The molecule has 2 fully saturated rings. The van der Waals surface area contributed by atoms with E-state index in [0.29, 0.717) is 30.0 Å². The summed E-state index contributed by atoms with van der Waals surface area (Å²) in [6.45, 7) is 3.23. The number of aromatic nitrogens is 3. The zero-order chi connectivity index (χ0) is 25.7. The van der Waals surface area contributed by atoms with E-state index in [1.165, 1.54) is 19.3 Å². The monoisotopic (exact) mass is 521 g/mol. The van der Waals surface area contributed by atoms with E-state index in [1.54, 1.807) is 11.2 Å². The molecular formula is C29H33ClFN5O. The molecule has 2 saturated carbocycles. The molecule has 1 N–H and O–H groups in total. The predicted octanol–water partition coefficient (Wildman–Crippen LogP) is 5.75. The number of anilines is 1. The van der Waals surface area contributed by atoms with Crippen LogP contribution in [0, 0.1) is 11.8 Å². The lowest BCUT2D eigenvalue weighted by atomic mass is 9.58. The SMILES string of the molecule is C[C@@H](NCC1CCC1)c1cc(Cl)c2c(c1)C(=O)N(c1cccc(C3(c4nncn4C)CC(CF)C3)c1)C2. The van der Waals surface area contributed by atoms with E-state index in [2.05, 4.69) is 34.6 Å². The van der Waals surface area contributed by atoms with Gasteiger partial charge in [0.15, 0.2) is 0 Å². The number of nitrogens with one attached hydrogen (secondary N) is 1. The van der Waals surface area contributed by atoms with Crippen molar-refractivity contribution in [3.05, 3.63) is 75.8 Å². The van der Waals surface area contributed by atoms with Gasteiger partial charge in [-0.05, 0) is 86.4 Å². The van der Waals surface area contributed by atoms with Crippen LogP contribution in [0.4, 0.5) is 10.1 Å². The molecule has 6 nitrogen and oxygen atoms in total. The van der Waals surface area contributed by atoms with Gasteiger partial charge < -0.3 is 14.8 Å². The van der Waals surface area contributed by atoms with Crippen molar-refractivity contribution < 1.29 is 9.18 Å². The van der Waals surface area contributed by atoms with Gasteiger partial charge in [-0.1, -0.05) is 30.2 Å². The Morgan fingerprint density at radius 2 is 2.03 bits per heavy atom. The molecule has 2 heterocycles. The number of amides is 1. The molecule has 1 amide bonds. The fourth-order valence-electron chi connectivity index (χ4n) is 6.27. The van der Waals surface area contributed by atoms with Crippen LogP contribution in [0.5, 0.6) is 0 Å². The molecule has 3 aliphatic rings. The lowest BCUT2D eigenvalue weighted by molar-refractivity contribution is 0.0996. The Labute approximate surface area is 222 Å². The lowest BCUT2D eigenvalue weighted by Crippen LogP contribution is -2.45. The third-order valence-corrected chi connectivity index (χ3v) is 9.13. The average molecular weight is 522 g/mol. The maximum Gasteiger partial charge on any atom is 0.258 e. The summed E-state index contributed by atoms with van der Waals surface area (Å²) >= 11 is 6.73. The van der Waals surface area contributed by atoms with E-state index in [1.807, 2.05) is 35.9 Å². The molecule has 8 heteroatoms. The maximum atomic E-state index is 13.6. The molecule has 0 unspecified atom stereocenters. The summed E-state index contributed by atoms with van der Waals surface area (Å²) in [5, 5.41) is 12.7. The van der Waals surface area contributed by atoms with Crippen LogP contribution in [0.2, 0.25) is 5.02 Å². The number of benzene rings is 2. The molecule has 6 rings (SSSR count). The first-order valence-corrected chi connectivity index (χ1v) is 13.7. The van der Waals surface area contributed by atoms with E-state index in [-0.39, 0.29) is 24.5 Å². The van der Waals surface area contributed by atoms with Gasteiger partial charge >= 0.3 is 0 Å². The number of hydrogen-bond acceptors (Lipinski definition) is 4. The van der Waals surface area contributed by atoms with Gasteiger partial charge in [-0.3, -0.25) is 9.18 Å². The van der Waals surface area contributed by atoms with Crippen LogP contribution >= 0.6 is 11.6 Å². The number of carbonyl (C=O) groups excluding carboxylic acids is 1. The molecule has 37 heavy (non-hydrogen) atoms. The smallest absolute Gasteiger partial charge is 0.258 e. The van der Waals surface area contributed by atoms with E-state index >= 15 is 0 Å². The molecule has 0 saturated heterocycles. The van der Waals surface area contributed by atoms with Crippen molar-refractivity contribution in [3.8, 4) is 0 Å². The second-order valence-corrected chi connectivity index (χ2v) is 11.6. The summed E-state index contributed by atoms with van der Waals surface area (Å²) in [6, 6.07) is 12.2. The van der Waals surface area contributed by atoms with Crippen molar-refractivity contribution >= 4 is 23.2 Å². The predicted molar refractivity (Wildman–Crippen MR) is 143 cm³/mol. The van der Waals surface area contributed by atoms with Gasteiger partial charge in [-0.2, -0.15) is 0 Å². The van der Waals surface area contributed by atoms with Gasteiger partial charge in [0, 0.05) is 34.9 Å². The first-order chi connectivity index (χ1) is 17.9. The number of halogens is 2. The van der Waals surface area contributed by atoms with Crippen molar-refractivity contribution in [3.63, 3.8) is 0 Å². The largest absolute Gasteiger partial charge is 0.320 e. The Morgan fingerprint density at radius 3 is 2.70 bits per heavy atom. The van der Waals surface area contributed by atoms with Crippen molar-refractivity contribution in [1.29, 1.82) is 0 Å². The summed E-state index contributed by atoms with van der Waals surface area (Å²) in [4.78, 5) is 15.4. The fourth-order valence-corrected chi connectivity index (χ4v) is 6.56. The third kappa shape index (κ3) is 4.16. The average Bonchev–Trinajstić information content (AvgIpc) is 3.42. The van der Waals surface area contributed by atoms with Gasteiger partial charge in [0.05, 0.1) is 18.6 Å². The Balaban J connectivity index is 1.27. The van der Waals surface area contributed by atoms with Crippen LogP contribution in [0.1, 0.15) is 77.9 Å². The molecule has 2 aliphatic carbocycles. The standard InChI is InChI=1S/C29H33ClFN5O/c1-18(32-15-19-5-3-6-19)21-9-24-25(26(30)10-21)16-36(27(24)37)23-8-4-7-22(11-23)29(12-20(13-29)14-31)28-34-33-17-35(28)2/h4,7-11,17-20,32H,3,5-6,12-16H2,1-2H3/t18-,20?,29?/m1/s1. The van der Waals surface area contributed by atoms with E-state index < -0.39 is 5.41 Å². The molecule has 1 aromatic heterocycles. The van der Waals surface area contributed by atoms with Crippen LogP contribution in [0.25, 0.3) is 0 Å². The molecule has 194 valence electrons. The van der Waals surface area contributed by atoms with Crippen molar-refractivity contribution in [2.75, 3.05) is 18.1 Å². The second kappa shape index (κ2) is 9.52. The highest BCUT2D eigenvalue weighted by atomic mass is 35.5. The summed E-state index contributed by atoms with van der Waals surface area (Å²) in [6.07, 6.45) is 6.95. The summed E-state index contributed by atoms with van der Waals surface area (Å²) in [5.74, 6) is 1.57. The van der Waals surface area contributed by atoms with Crippen LogP contribution in [-0.4, -0.2) is 33.9 Å².